The van der Waals surface area contributed by atoms with Crippen LogP contribution < -0.4 is 10.2 Å². The molecule has 29 heavy (non-hydrogen) atoms. The van der Waals surface area contributed by atoms with Gasteiger partial charge in [0.15, 0.2) is 0 Å². The van der Waals surface area contributed by atoms with Gasteiger partial charge in [-0.05, 0) is 62.4 Å². The maximum absolute atomic E-state index is 6.40. The van der Waals surface area contributed by atoms with Gasteiger partial charge < -0.3 is 10.2 Å². The lowest BCUT2D eigenvalue weighted by molar-refractivity contribution is 0.223. The highest BCUT2D eigenvalue weighted by atomic mass is 35.5. The summed E-state index contributed by atoms with van der Waals surface area (Å²) < 4.78 is 1.78. The van der Waals surface area contributed by atoms with Crippen LogP contribution in [0.1, 0.15) is 31.4 Å². The maximum atomic E-state index is 6.40. The summed E-state index contributed by atoms with van der Waals surface area (Å²) in [6.45, 7) is 6.38. The summed E-state index contributed by atoms with van der Waals surface area (Å²) in [5, 5.41) is 13.2. The molecule has 2 aliphatic heterocycles. The van der Waals surface area contributed by atoms with Gasteiger partial charge in [0.25, 0.3) is 0 Å². The number of benzene rings is 1. The van der Waals surface area contributed by atoms with Crippen LogP contribution in [-0.2, 0) is 0 Å². The molecule has 0 radical (unpaired) electrons. The predicted molar refractivity (Wildman–Crippen MR) is 115 cm³/mol. The second-order valence-electron chi connectivity index (χ2n) is 8.02. The van der Waals surface area contributed by atoms with E-state index in [-0.39, 0.29) is 6.04 Å². The molecule has 3 aromatic rings. The summed E-state index contributed by atoms with van der Waals surface area (Å²) in [5.74, 6) is 2.39. The fourth-order valence-corrected chi connectivity index (χ4v) is 4.95. The monoisotopic (exact) mass is 431 g/mol. The van der Waals surface area contributed by atoms with Crippen LogP contribution in [0.15, 0.2) is 24.4 Å². The summed E-state index contributed by atoms with van der Waals surface area (Å²) in [5.41, 5.74) is 2.13. The van der Waals surface area contributed by atoms with Crippen molar-refractivity contribution in [2.24, 2.45) is 11.8 Å². The van der Waals surface area contributed by atoms with Crippen LogP contribution in [0.5, 0.6) is 0 Å². The Hall–Kier alpha value is -1.96. The molecule has 2 atom stereocenters. The molecule has 0 bridgehead atoms. The van der Waals surface area contributed by atoms with E-state index >= 15 is 0 Å². The van der Waals surface area contributed by atoms with Gasteiger partial charge >= 0.3 is 0 Å². The second-order valence-corrected chi connectivity index (χ2v) is 8.87. The van der Waals surface area contributed by atoms with E-state index in [1.54, 1.807) is 16.9 Å². The molecule has 0 unspecified atom stereocenters. The summed E-state index contributed by atoms with van der Waals surface area (Å²) in [7, 11) is 0. The lowest BCUT2D eigenvalue weighted by atomic mass is 9.81. The van der Waals surface area contributed by atoms with Gasteiger partial charge in [0, 0.05) is 23.1 Å². The fourth-order valence-electron chi connectivity index (χ4n) is 4.39. The van der Waals surface area contributed by atoms with Gasteiger partial charge in [0.1, 0.15) is 5.82 Å². The molecule has 2 fully saturated rings. The van der Waals surface area contributed by atoms with Crippen molar-refractivity contribution in [3.8, 4) is 0 Å². The van der Waals surface area contributed by atoms with E-state index in [0.717, 1.165) is 49.4 Å². The molecule has 4 heterocycles. The Balaban J connectivity index is 1.38. The zero-order valence-corrected chi connectivity index (χ0v) is 17.7. The average molecular weight is 432 g/mol. The Bertz CT molecular complexity index is 1020. The van der Waals surface area contributed by atoms with Crippen LogP contribution >= 0.6 is 23.2 Å². The van der Waals surface area contributed by atoms with Crippen molar-refractivity contribution in [1.29, 1.82) is 0 Å². The number of hydrogen-bond donors (Lipinski definition) is 1. The van der Waals surface area contributed by atoms with Crippen LogP contribution in [0.3, 0.4) is 0 Å². The molecule has 9 heteroatoms. The average Bonchev–Trinajstić information content (AvgIpc) is 3.11. The highest BCUT2D eigenvalue weighted by molar-refractivity contribution is 6.35. The number of anilines is 1. The number of fused-ring (bicyclic) bond motifs is 1. The zero-order valence-electron chi connectivity index (χ0n) is 16.2. The van der Waals surface area contributed by atoms with Crippen molar-refractivity contribution < 1.29 is 0 Å². The van der Waals surface area contributed by atoms with Gasteiger partial charge in [0.2, 0.25) is 11.3 Å². The summed E-state index contributed by atoms with van der Waals surface area (Å²) in [6, 6.07) is 5.35. The Labute approximate surface area is 179 Å². The maximum Gasteiger partial charge on any atom is 0.221 e. The molecule has 2 saturated heterocycles. The molecule has 5 rings (SSSR count). The number of nitrogens with zero attached hydrogens (tertiary/aromatic N) is 6. The molecule has 1 N–H and O–H groups in total. The Morgan fingerprint density at radius 3 is 2.83 bits per heavy atom. The van der Waals surface area contributed by atoms with Crippen LogP contribution in [0, 0.1) is 11.8 Å². The van der Waals surface area contributed by atoms with E-state index in [9.17, 15) is 0 Å². The topological polar surface area (TPSA) is 71.8 Å². The Morgan fingerprint density at radius 1 is 1.21 bits per heavy atom. The summed E-state index contributed by atoms with van der Waals surface area (Å²) >= 11 is 12.4. The van der Waals surface area contributed by atoms with Crippen molar-refractivity contribution in [2.75, 3.05) is 31.1 Å². The largest absolute Gasteiger partial charge is 0.355 e. The summed E-state index contributed by atoms with van der Waals surface area (Å²) in [6.07, 6.45) is 4.41. The molecule has 0 spiro atoms. The first-order valence-corrected chi connectivity index (χ1v) is 10.8. The van der Waals surface area contributed by atoms with Crippen molar-refractivity contribution in [2.45, 2.75) is 25.8 Å². The Morgan fingerprint density at radius 2 is 2.07 bits per heavy atom. The van der Waals surface area contributed by atoms with Gasteiger partial charge in [-0.3, -0.25) is 0 Å². The molecule has 1 aromatic carbocycles. The number of hydrogen-bond acceptors (Lipinski definition) is 6. The quantitative estimate of drug-likeness (QED) is 0.680. The minimum atomic E-state index is -0.133. The van der Waals surface area contributed by atoms with Crippen molar-refractivity contribution in [3.63, 3.8) is 0 Å². The molecular weight excluding hydrogens is 409 g/mol. The van der Waals surface area contributed by atoms with Crippen molar-refractivity contribution in [1.82, 2.24) is 30.3 Å². The van der Waals surface area contributed by atoms with E-state index in [1.807, 2.05) is 19.1 Å². The normalized spacial score (nSPS) is 21.3. The molecule has 0 amide bonds. The van der Waals surface area contributed by atoms with E-state index < -0.39 is 0 Å². The molecule has 152 valence electrons. The fraction of sp³-hybridized carbons (Fsp3) is 0.500. The highest BCUT2D eigenvalue weighted by Gasteiger charge is 2.35. The van der Waals surface area contributed by atoms with Crippen molar-refractivity contribution in [3.05, 3.63) is 40.0 Å². The van der Waals surface area contributed by atoms with Gasteiger partial charge in [-0.15, -0.1) is 5.10 Å². The van der Waals surface area contributed by atoms with Crippen LogP contribution in [-0.4, -0.2) is 51.1 Å². The molecule has 2 aromatic heterocycles. The minimum absolute atomic E-state index is 0.133. The number of piperidine rings is 1. The first kappa shape index (κ1) is 19.0. The van der Waals surface area contributed by atoms with Gasteiger partial charge in [-0.25, -0.2) is 14.6 Å². The van der Waals surface area contributed by atoms with Gasteiger partial charge in [-0.1, -0.05) is 34.5 Å². The van der Waals surface area contributed by atoms with E-state index in [1.165, 1.54) is 12.8 Å². The van der Waals surface area contributed by atoms with Crippen LogP contribution in [0.25, 0.3) is 11.3 Å². The third-order valence-electron chi connectivity index (χ3n) is 6.19. The van der Waals surface area contributed by atoms with Crippen LogP contribution in [0.4, 0.5) is 5.82 Å². The standard InChI is InChI=1S/C20H23Cl2N7/c1-12(16-5-4-15(21)7-17(16)22)29-20-19(26-27-29)24-9-18(25-20)28-10-14(11-28)13-3-2-6-23-8-13/h4-5,7,9,12-14,23H,2-3,6,8,10-11H2,1H3/t12-,13+/m1/s1. The third-order valence-corrected chi connectivity index (χ3v) is 6.75. The molecule has 0 saturated carbocycles. The van der Waals surface area contributed by atoms with Gasteiger partial charge in [-0.2, -0.15) is 0 Å². The SMILES string of the molecule is C[C@H](c1ccc(Cl)cc1Cl)n1nnc2ncc(N3CC([C@H]4CCCNC4)C3)nc21. The lowest BCUT2D eigenvalue weighted by Gasteiger charge is -2.45. The molecule has 2 aliphatic rings. The number of halogens is 2. The Kier molecular flexibility index (Phi) is 5.05. The number of aromatic nitrogens is 5. The van der Waals surface area contributed by atoms with Crippen molar-refractivity contribution >= 4 is 40.3 Å². The zero-order chi connectivity index (χ0) is 20.0. The molecule has 0 aliphatic carbocycles. The first-order valence-electron chi connectivity index (χ1n) is 10.1. The third kappa shape index (κ3) is 3.56. The lowest BCUT2D eigenvalue weighted by Crippen LogP contribution is -2.53. The van der Waals surface area contributed by atoms with Gasteiger partial charge in [0.05, 0.1) is 12.2 Å². The van der Waals surface area contributed by atoms with Crippen LogP contribution in [0.2, 0.25) is 10.0 Å². The van der Waals surface area contributed by atoms with E-state index in [2.05, 4.69) is 25.5 Å². The number of rotatable bonds is 4. The van der Waals surface area contributed by atoms with E-state index in [4.69, 9.17) is 28.2 Å². The highest BCUT2D eigenvalue weighted by Crippen LogP contribution is 2.33. The first-order chi connectivity index (χ1) is 14.1. The second kappa shape index (κ2) is 7.70. The minimum Gasteiger partial charge on any atom is -0.355 e. The predicted octanol–water partition coefficient (Wildman–Crippen LogP) is 3.57. The number of nitrogens with one attached hydrogen (secondary N) is 1. The molecular formula is C20H23Cl2N7. The molecule has 7 nitrogen and oxygen atoms in total. The summed E-state index contributed by atoms with van der Waals surface area (Å²) in [4.78, 5) is 11.6. The van der Waals surface area contributed by atoms with E-state index in [0.29, 0.717) is 21.3 Å². The smallest absolute Gasteiger partial charge is 0.221 e.